The molecule has 10 heteroatoms. The van der Waals surface area contributed by atoms with Gasteiger partial charge in [-0.15, -0.1) is 0 Å². The molecule has 2 aliphatic rings. The number of hydrogen-bond donors (Lipinski definition) is 1. The number of nitrogens with zero attached hydrogens (tertiary/aromatic N) is 2. The summed E-state index contributed by atoms with van der Waals surface area (Å²) in [4.78, 5) is 0.312. The van der Waals surface area contributed by atoms with Crippen LogP contribution in [0, 0.1) is 13.8 Å². The zero-order valence-electron chi connectivity index (χ0n) is 25.0. The van der Waals surface area contributed by atoms with E-state index in [2.05, 4.69) is 0 Å². The van der Waals surface area contributed by atoms with E-state index in [0.717, 1.165) is 27.7 Å². The smallest absolute Gasteiger partial charge is 0.244 e. The third-order valence-electron chi connectivity index (χ3n) is 8.76. The minimum atomic E-state index is -4.08. The molecule has 4 aromatic rings. The van der Waals surface area contributed by atoms with E-state index in [4.69, 9.17) is 0 Å². The van der Waals surface area contributed by atoms with Gasteiger partial charge in [-0.1, -0.05) is 95.5 Å². The van der Waals surface area contributed by atoms with E-state index in [1.807, 2.05) is 76.3 Å². The largest absolute Gasteiger partial charge is 0.512 e. The molecule has 0 aliphatic carbocycles. The van der Waals surface area contributed by atoms with Crippen molar-refractivity contribution in [3.63, 3.8) is 0 Å². The quantitative estimate of drug-likeness (QED) is 0.313. The molecule has 44 heavy (non-hydrogen) atoms. The molecular weight excluding hydrogens is 591 g/mol. The van der Waals surface area contributed by atoms with Crippen molar-refractivity contribution in [2.75, 3.05) is 6.54 Å². The first kappa shape index (κ1) is 30.3. The second-order valence-electron chi connectivity index (χ2n) is 11.8. The van der Waals surface area contributed by atoms with E-state index in [1.54, 1.807) is 48.5 Å². The summed E-state index contributed by atoms with van der Waals surface area (Å²) >= 11 is 0. The van der Waals surface area contributed by atoms with Gasteiger partial charge in [0.2, 0.25) is 20.0 Å². The molecule has 1 saturated heterocycles. The Morgan fingerprint density at radius 1 is 0.659 bits per heavy atom. The highest BCUT2D eigenvalue weighted by atomic mass is 32.2. The summed E-state index contributed by atoms with van der Waals surface area (Å²) in [5.74, 6) is 0.0338. The van der Waals surface area contributed by atoms with Crippen molar-refractivity contribution < 1.29 is 21.9 Å². The third kappa shape index (κ3) is 5.52. The predicted molar refractivity (Wildman–Crippen MR) is 174 cm³/mol. The maximum absolute atomic E-state index is 14.6. The standard InChI is InChI=1S/C34H35BN2O5S2/c1-23-8-16-28(17-9-23)43(39,40)36-22-30-33(20-31(36)25-6-4-3-5-7-25)37(44(41,42)29-18-10-24(2)11-19-29)32(21-34(30)38)26-12-14-27(35)15-13-26/h3-19,31-33,38H,20-22,35H2,1-2H3/t31?,32?,33-/m0/s1. The van der Waals surface area contributed by atoms with Crippen LogP contribution in [0.2, 0.25) is 0 Å². The lowest BCUT2D eigenvalue weighted by Crippen LogP contribution is -2.54. The lowest BCUT2D eigenvalue weighted by atomic mass is 9.83. The predicted octanol–water partition coefficient (Wildman–Crippen LogP) is 4.71. The van der Waals surface area contributed by atoms with Gasteiger partial charge in [0.05, 0.1) is 33.7 Å². The van der Waals surface area contributed by atoms with E-state index in [1.165, 1.54) is 8.61 Å². The Labute approximate surface area is 261 Å². The van der Waals surface area contributed by atoms with E-state index < -0.39 is 38.2 Å². The topological polar surface area (TPSA) is 95.0 Å². The average Bonchev–Trinajstić information content (AvgIpc) is 3.01. The second-order valence-corrected chi connectivity index (χ2v) is 15.5. The van der Waals surface area contributed by atoms with Crippen molar-refractivity contribution in [1.29, 1.82) is 0 Å². The second kappa shape index (κ2) is 11.7. The third-order valence-corrected chi connectivity index (χ3v) is 12.6. The van der Waals surface area contributed by atoms with Crippen molar-refractivity contribution in [3.05, 3.63) is 137 Å². The summed E-state index contributed by atoms with van der Waals surface area (Å²) in [6.07, 6.45) is 0.177. The van der Waals surface area contributed by atoms with E-state index in [-0.39, 0.29) is 34.9 Å². The summed E-state index contributed by atoms with van der Waals surface area (Å²) in [5, 5.41) is 11.6. The van der Waals surface area contributed by atoms with Gasteiger partial charge in [-0.3, -0.25) is 0 Å². The van der Waals surface area contributed by atoms with Crippen LogP contribution in [0.5, 0.6) is 0 Å². The number of hydrogen-bond acceptors (Lipinski definition) is 5. The van der Waals surface area contributed by atoms with Crippen LogP contribution in [0.4, 0.5) is 0 Å². The number of sulfonamides is 2. The van der Waals surface area contributed by atoms with Gasteiger partial charge in [-0.25, -0.2) is 16.8 Å². The van der Waals surface area contributed by atoms with Gasteiger partial charge in [0.1, 0.15) is 7.85 Å². The van der Waals surface area contributed by atoms with Crippen molar-refractivity contribution in [2.45, 2.75) is 54.6 Å². The summed E-state index contributed by atoms with van der Waals surface area (Å²) in [6, 6.07) is 28.4. The van der Waals surface area contributed by atoms with Gasteiger partial charge in [0.15, 0.2) is 0 Å². The molecule has 7 nitrogen and oxygen atoms in total. The van der Waals surface area contributed by atoms with Crippen LogP contribution in [-0.2, 0) is 20.0 Å². The molecule has 4 aromatic carbocycles. The minimum Gasteiger partial charge on any atom is -0.512 e. The maximum atomic E-state index is 14.6. The molecule has 0 bridgehead atoms. The van der Waals surface area contributed by atoms with Crippen molar-refractivity contribution in [3.8, 4) is 0 Å². The number of aryl methyl sites for hydroxylation is 2. The molecule has 0 spiro atoms. The van der Waals surface area contributed by atoms with Gasteiger partial charge in [-0.2, -0.15) is 8.61 Å². The zero-order valence-corrected chi connectivity index (χ0v) is 26.6. The maximum Gasteiger partial charge on any atom is 0.244 e. The SMILES string of the molecule is Bc1ccc(C2CC(O)=C3CN(S(=O)(=O)c4ccc(C)cc4)C(c4ccccc4)C[C@@H]3N2S(=O)(=O)c2ccc(C)cc2)cc1. The summed E-state index contributed by atoms with van der Waals surface area (Å²) < 4.78 is 60.5. The number of piperidine rings is 1. The Morgan fingerprint density at radius 3 is 1.75 bits per heavy atom. The Morgan fingerprint density at radius 2 is 1.18 bits per heavy atom. The normalized spacial score (nSPS) is 21.6. The molecule has 6 rings (SSSR count). The van der Waals surface area contributed by atoms with Gasteiger partial charge in [-0.05, 0) is 55.7 Å². The van der Waals surface area contributed by atoms with Crippen LogP contribution in [0.1, 0.15) is 47.2 Å². The monoisotopic (exact) mass is 626 g/mol. The molecule has 3 atom stereocenters. The first-order valence-corrected chi connectivity index (χ1v) is 17.6. The van der Waals surface area contributed by atoms with Crippen molar-refractivity contribution in [2.24, 2.45) is 0 Å². The van der Waals surface area contributed by atoms with Crippen LogP contribution in [0.25, 0.3) is 0 Å². The molecule has 1 N–H and O–H groups in total. The van der Waals surface area contributed by atoms with Crippen LogP contribution in [-0.4, -0.2) is 51.0 Å². The Kier molecular flexibility index (Phi) is 8.04. The van der Waals surface area contributed by atoms with E-state index in [0.29, 0.717) is 5.57 Å². The highest BCUT2D eigenvalue weighted by Crippen LogP contribution is 2.48. The molecule has 0 saturated carbocycles. The molecule has 0 amide bonds. The molecule has 226 valence electrons. The van der Waals surface area contributed by atoms with Gasteiger partial charge < -0.3 is 5.11 Å². The highest BCUT2D eigenvalue weighted by molar-refractivity contribution is 7.89. The van der Waals surface area contributed by atoms with Gasteiger partial charge in [0, 0.05) is 18.5 Å². The fraction of sp³-hybridized carbons (Fsp3) is 0.235. The van der Waals surface area contributed by atoms with Gasteiger partial charge in [0.25, 0.3) is 0 Å². The Balaban J connectivity index is 1.52. The summed E-state index contributed by atoms with van der Waals surface area (Å²) in [7, 11) is -6.12. The number of benzene rings is 4. The van der Waals surface area contributed by atoms with Crippen molar-refractivity contribution in [1.82, 2.24) is 8.61 Å². The first-order chi connectivity index (χ1) is 21.0. The molecule has 0 radical (unpaired) electrons. The molecule has 1 fully saturated rings. The number of aliphatic hydroxyl groups excluding tert-OH is 1. The van der Waals surface area contributed by atoms with Crippen LogP contribution in [0.3, 0.4) is 0 Å². The number of fused-ring (bicyclic) bond motifs is 1. The van der Waals surface area contributed by atoms with Crippen LogP contribution in [0.15, 0.2) is 124 Å². The summed E-state index contributed by atoms with van der Waals surface area (Å²) in [6.45, 7) is 3.67. The molecule has 2 heterocycles. The van der Waals surface area contributed by atoms with Crippen LogP contribution < -0.4 is 5.46 Å². The molecule has 2 unspecified atom stereocenters. The zero-order chi connectivity index (χ0) is 31.2. The average molecular weight is 627 g/mol. The molecule has 2 aliphatic heterocycles. The number of aliphatic hydroxyl groups is 1. The molecular formula is C34H35BN2O5S2. The summed E-state index contributed by atoms with van der Waals surface area (Å²) in [5.41, 5.74) is 4.85. The Bertz CT molecular complexity index is 1910. The molecule has 0 aromatic heterocycles. The fourth-order valence-electron chi connectivity index (χ4n) is 6.31. The minimum absolute atomic E-state index is 0.0338. The lowest BCUT2D eigenvalue weighted by Gasteiger charge is -2.48. The van der Waals surface area contributed by atoms with Crippen molar-refractivity contribution >= 4 is 33.4 Å². The first-order valence-electron chi connectivity index (χ1n) is 14.7. The Hall–Kier alpha value is -3.70. The van der Waals surface area contributed by atoms with Crippen LogP contribution >= 0.6 is 0 Å². The van der Waals surface area contributed by atoms with Gasteiger partial charge >= 0.3 is 0 Å². The van der Waals surface area contributed by atoms with E-state index in [9.17, 15) is 21.9 Å². The van der Waals surface area contributed by atoms with E-state index >= 15 is 0 Å². The lowest BCUT2D eigenvalue weighted by molar-refractivity contribution is 0.144. The fourth-order valence-corrected chi connectivity index (χ4v) is 9.72. The number of rotatable bonds is 6. The highest BCUT2D eigenvalue weighted by Gasteiger charge is 2.50.